The van der Waals surface area contributed by atoms with Crippen molar-refractivity contribution in [2.24, 2.45) is 0 Å². The van der Waals surface area contributed by atoms with Gasteiger partial charge in [-0.05, 0) is 37.3 Å². The third kappa shape index (κ3) is 4.09. The van der Waals surface area contributed by atoms with Gasteiger partial charge in [0.25, 0.3) is 5.69 Å². The zero-order chi connectivity index (χ0) is 19.4. The van der Waals surface area contributed by atoms with E-state index in [4.69, 9.17) is 9.26 Å². The SMILES string of the molecule is COc1ccc(-c2noc(CC(=O)Nc3cccc([N+](=O)[O-])c3C)n2)cc1. The van der Waals surface area contributed by atoms with Crippen molar-refractivity contribution in [3.05, 3.63) is 64.0 Å². The number of carbonyl (C=O) groups is 1. The number of carbonyl (C=O) groups excluding carboxylic acids is 1. The van der Waals surface area contributed by atoms with E-state index in [9.17, 15) is 14.9 Å². The van der Waals surface area contributed by atoms with Gasteiger partial charge in [-0.15, -0.1) is 0 Å². The maximum Gasteiger partial charge on any atom is 0.274 e. The van der Waals surface area contributed by atoms with Crippen molar-refractivity contribution >= 4 is 17.3 Å². The van der Waals surface area contributed by atoms with Gasteiger partial charge in [0.15, 0.2) is 0 Å². The lowest BCUT2D eigenvalue weighted by Crippen LogP contribution is -2.15. The lowest BCUT2D eigenvalue weighted by molar-refractivity contribution is -0.385. The van der Waals surface area contributed by atoms with Crippen LogP contribution in [0.1, 0.15) is 11.5 Å². The summed E-state index contributed by atoms with van der Waals surface area (Å²) in [6, 6.07) is 11.6. The highest BCUT2D eigenvalue weighted by Gasteiger charge is 2.17. The van der Waals surface area contributed by atoms with Crippen molar-refractivity contribution < 1.29 is 19.0 Å². The Bertz CT molecular complexity index is 982. The molecule has 138 valence electrons. The summed E-state index contributed by atoms with van der Waals surface area (Å²) < 4.78 is 10.2. The van der Waals surface area contributed by atoms with Crippen molar-refractivity contribution in [1.29, 1.82) is 0 Å². The predicted molar refractivity (Wildman–Crippen MR) is 96.5 cm³/mol. The summed E-state index contributed by atoms with van der Waals surface area (Å²) in [5.74, 6) is 0.783. The normalized spacial score (nSPS) is 10.4. The highest BCUT2D eigenvalue weighted by molar-refractivity contribution is 5.93. The first-order valence-corrected chi connectivity index (χ1v) is 7.99. The van der Waals surface area contributed by atoms with Crippen molar-refractivity contribution in [2.75, 3.05) is 12.4 Å². The van der Waals surface area contributed by atoms with Crippen LogP contribution in [0.15, 0.2) is 47.0 Å². The van der Waals surface area contributed by atoms with E-state index >= 15 is 0 Å². The molecule has 3 rings (SSSR count). The van der Waals surface area contributed by atoms with Crippen LogP contribution in [0.3, 0.4) is 0 Å². The smallest absolute Gasteiger partial charge is 0.274 e. The van der Waals surface area contributed by atoms with Gasteiger partial charge in [-0.25, -0.2) is 0 Å². The van der Waals surface area contributed by atoms with Crippen molar-refractivity contribution in [2.45, 2.75) is 13.3 Å². The second-order valence-electron chi connectivity index (χ2n) is 5.67. The molecule has 0 saturated carbocycles. The average Bonchev–Trinajstić information content (AvgIpc) is 3.11. The summed E-state index contributed by atoms with van der Waals surface area (Å²) in [6.45, 7) is 1.57. The number of ether oxygens (including phenoxy) is 1. The number of methoxy groups -OCH3 is 1. The van der Waals surface area contributed by atoms with Crippen LogP contribution in [-0.4, -0.2) is 28.1 Å². The van der Waals surface area contributed by atoms with Crippen LogP contribution < -0.4 is 10.1 Å². The van der Waals surface area contributed by atoms with Gasteiger partial charge in [0.2, 0.25) is 17.6 Å². The zero-order valence-corrected chi connectivity index (χ0v) is 14.6. The molecule has 0 radical (unpaired) electrons. The Morgan fingerprint density at radius 3 is 2.67 bits per heavy atom. The van der Waals surface area contributed by atoms with Crippen LogP contribution in [0.5, 0.6) is 5.75 Å². The van der Waals surface area contributed by atoms with Gasteiger partial charge >= 0.3 is 0 Å². The molecule has 1 aromatic heterocycles. The molecule has 0 bridgehead atoms. The van der Waals surface area contributed by atoms with E-state index < -0.39 is 10.8 Å². The molecule has 9 nitrogen and oxygen atoms in total. The molecule has 27 heavy (non-hydrogen) atoms. The summed E-state index contributed by atoms with van der Waals surface area (Å²) >= 11 is 0. The molecule has 3 aromatic rings. The number of hydrogen-bond acceptors (Lipinski definition) is 7. The molecule has 1 heterocycles. The molecule has 0 atom stereocenters. The molecule has 0 aliphatic rings. The maximum absolute atomic E-state index is 12.2. The Hall–Kier alpha value is -3.75. The van der Waals surface area contributed by atoms with E-state index in [1.165, 1.54) is 12.1 Å². The standard InChI is InChI=1S/C18H16N4O5/c1-11-14(4-3-5-15(11)22(24)25)19-16(23)10-17-20-18(21-27-17)12-6-8-13(26-2)9-7-12/h3-9H,10H2,1-2H3,(H,19,23). The summed E-state index contributed by atoms with van der Waals surface area (Å²) in [5.41, 5.74) is 1.40. The molecule has 0 aliphatic heterocycles. The molecular formula is C18H16N4O5. The third-order valence-corrected chi connectivity index (χ3v) is 3.90. The minimum atomic E-state index is -0.496. The molecule has 0 spiro atoms. The van der Waals surface area contributed by atoms with Crippen LogP contribution in [-0.2, 0) is 11.2 Å². The minimum Gasteiger partial charge on any atom is -0.497 e. The highest BCUT2D eigenvalue weighted by atomic mass is 16.6. The molecule has 1 amide bonds. The molecule has 2 aromatic carbocycles. The largest absolute Gasteiger partial charge is 0.497 e. The van der Waals surface area contributed by atoms with Crippen LogP contribution in [0.25, 0.3) is 11.4 Å². The monoisotopic (exact) mass is 368 g/mol. The molecule has 0 unspecified atom stereocenters. The van der Waals surface area contributed by atoms with Gasteiger partial charge < -0.3 is 14.6 Å². The average molecular weight is 368 g/mol. The van der Waals surface area contributed by atoms with Gasteiger partial charge in [0, 0.05) is 11.6 Å². The van der Waals surface area contributed by atoms with Gasteiger partial charge in [-0.1, -0.05) is 11.2 Å². The number of aromatic nitrogens is 2. The first kappa shape index (κ1) is 18.1. The van der Waals surface area contributed by atoms with Gasteiger partial charge in [-0.2, -0.15) is 4.98 Å². The van der Waals surface area contributed by atoms with Crippen LogP contribution in [0.2, 0.25) is 0 Å². The van der Waals surface area contributed by atoms with Gasteiger partial charge in [0.05, 0.1) is 23.3 Å². The predicted octanol–water partition coefficient (Wildman–Crippen LogP) is 3.14. The number of benzene rings is 2. The highest BCUT2D eigenvalue weighted by Crippen LogP contribution is 2.25. The molecule has 9 heteroatoms. The van der Waals surface area contributed by atoms with E-state index in [2.05, 4.69) is 15.5 Å². The maximum atomic E-state index is 12.2. The Morgan fingerprint density at radius 2 is 2.00 bits per heavy atom. The van der Waals surface area contributed by atoms with E-state index in [1.54, 1.807) is 44.4 Å². The number of nitro benzene ring substituents is 1. The summed E-state index contributed by atoms with van der Waals surface area (Å²) in [7, 11) is 1.57. The van der Waals surface area contributed by atoms with E-state index in [0.717, 1.165) is 5.56 Å². The zero-order valence-electron chi connectivity index (χ0n) is 14.6. The van der Waals surface area contributed by atoms with E-state index in [0.29, 0.717) is 22.8 Å². The fraction of sp³-hybridized carbons (Fsp3) is 0.167. The van der Waals surface area contributed by atoms with E-state index in [-0.39, 0.29) is 18.0 Å². The number of hydrogen-bond donors (Lipinski definition) is 1. The minimum absolute atomic E-state index is 0.0626. The lowest BCUT2D eigenvalue weighted by atomic mass is 10.1. The van der Waals surface area contributed by atoms with Crippen molar-refractivity contribution in [3.63, 3.8) is 0 Å². The molecule has 0 aliphatic carbocycles. The number of nitro groups is 1. The summed E-state index contributed by atoms with van der Waals surface area (Å²) in [6.07, 6.45) is -0.148. The second-order valence-corrected chi connectivity index (χ2v) is 5.67. The second kappa shape index (κ2) is 7.65. The molecular weight excluding hydrogens is 352 g/mol. The number of nitrogens with zero attached hydrogens (tertiary/aromatic N) is 3. The molecule has 0 fully saturated rings. The van der Waals surface area contributed by atoms with Crippen molar-refractivity contribution in [1.82, 2.24) is 10.1 Å². The summed E-state index contributed by atoms with van der Waals surface area (Å²) in [4.78, 5) is 26.9. The molecule has 1 N–H and O–H groups in total. The Morgan fingerprint density at radius 1 is 1.26 bits per heavy atom. The molecule has 0 saturated heterocycles. The Balaban J connectivity index is 1.69. The first-order valence-electron chi connectivity index (χ1n) is 7.99. The number of anilines is 1. The fourth-order valence-corrected chi connectivity index (χ4v) is 2.47. The summed E-state index contributed by atoms with van der Waals surface area (Å²) in [5, 5.41) is 17.5. The fourth-order valence-electron chi connectivity index (χ4n) is 2.47. The van der Waals surface area contributed by atoms with E-state index in [1.807, 2.05) is 0 Å². The first-order chi connectivity index (χ1) is 13.0. The number of nitrogens with one attached hydrogen (secondary N) is 1. The number of amides is 1. The lowest BCUT2D eigenvalue weighted by Gasteiger charge is -2.07. The Kier molecular flexibility index (Phi) is 5.11. The number of rotatable bonds is 6. The Labute approximate surface area is 154 Å². The quantitative estimate of drug-likeness (QED) is 0.524. The van der Waals surface area contributed by atoms with Crippen molar-refractivity contribution in [3.8, 4) is 17.1 Å². The van der Waals surface area contributed by atoms with Crippen LogP contribution in [0.4, 0.5) is 11.4 Å². The van der Waals surface area contributed by atoms with Crippen LogP contribution >= 0.6 is 0 Å². The topological polar surface area (TPSA) is 120 Å². The third-order valence-electron chi connectivity index (χ3n) is 3.90. The van der Waals surface area contributed by atoms with Crippen LogP contribution in [0, 0.1) is 17.0 Å². The van der Waals surface area contributed by atoms with Gasteiger partial charge in [0.1, 0.15) is 12.2 Å². The van der Waals surface area contributed by atoms with Gasteiger partial charge in [-0.3, -0.25) is 14.9 Å².